The predicted octanol–water partition coefficient (Wildman–Crippen LogP) is 1.88. The highest BCUT2D eigenvalue weighted by Gasteiger charge is 2.14. The average Bonchev–Trinajstić information content (AvgIpc) is 2.29. The molecule has 0 atom stereocenters. The molecule has 2 rings (SSSR count). The second-order valence-electron chi connectivity index (χ2n) is 3.77. The number of rotatable bonds is 4. The highest BCUT2D eigenvalue weighted by Crippen LogP contribution is 2.31. The van der Waals surface area contributed by atoms with E-state index in [0.717, 1.165) is 25.2 Å². The molecule has 1 aliphatic heterocycles. The molecular formula is C12H16N2OS. The van der Waals surface area contributed by atoms with Crippen LogP contribution in [0.15, 0.2) is 23.1 Å². The van der Waals surface area contributed by atoms with Gasteiger partial charge in [0.05, 0.1) is 11.4 Å². The molecule has 1 heterocycles. The van der Waals surface area contributed by atoms with Crippen LogP contribution in [0.1, 0.15) is 12.5 Å². The molecule has 86 valence electrons. The Morgan fingerprint density at radius 1 is 1.50 bits per heavy atom. The lowest BCUT2D eigenvalue weighted by atomic mass is 10.1. The average molecular weight is 236 g/mol. The Balaban J connectivity index is 2.04. The molecule has 0 saturated heterocycles. The molecule has 0 aromatic heterocycles. The minimum absolute atomic E-state index is 0.0953. The van der Waals surface area contributed by atoms with Crippen molar-refractivity contribution in [3.63, 3.8) is 0 Å². The molecule has 0 fully saturated rings. The molecule has 1 aliphatic rings. The third kappa shape index (κ3) is 2.77. The van der Waals surface area contributed by atoms with Crippen LogP contribution in [0.5, 0.6) is 0 Å². The van der Waals surface area contributed by atoms with E-state index in [4.69, 9.17) is 0 Å². The normalized spacial score (nSPS) is 14.4. The van der Waals surface area contributed by atoms with E-state index in [9.17, 15) is 4.79 Å². The van der Waals surface area contributed by atoms with E-state index in [0.29, 0.717) is 5.75 Å². The van der Waals surface area contributed by atoms with Crippen molar-refractivity contribution >= 4 is 23.4 Å². The Morgan fingerprint density at radius 3 is 3.19 bits per heavy atom. The van der Waals surface area contributed by atoms with E-state index in [2.05, 4.69) is 29.7 Å². The molecule has 0 saturated carbocycles. The van der Waals surface area contributed by atoms with Gasteiger partial charge in [-0.15, -0.1) is 11.8 Å². The van der Waals surface area contributed by atoms with E-state index in [1.807, 2.05) is 6.07 Å². The number of hydrogen-bond acceptors (Lipinski definition) is 3. The number of fused-ring (bicyclic) bond motifs is 1. The SMILES string of the molecule is CCNCCc1ccc2c(c1)SCC(=O)N2. The lowest BCUT2D eigenvalue weighted by Crippen LogP contribution is -2.19. The summed E-state index contributed by atoms with van der Waals surface area (Å²) in [6.07, 6.45) is 1.04. The predicted molar refractivity (Wildman–Crippen MR) is 68.0 cm³/mol. The zero-order valence-electron chi connectivity index (χ0n) is 9.38. The van der Waals surface area contributed by atoms with Crippen molar-refractivity contribution in [2.75, 3.05) is 24.2 Å². The molecule has 16 heavy (non-hydrogen) atoms. The number of hydrogen-bond donors (Lipinski definition) is 2. The quantitative estimate of drug-likeness (QED) is 0.784. The van der Waals surface area contributed by atoms with Crippen LogP contribution in [0.4, 0.5) is 5.69 Å². The van der Waals surface area contributed by atoms with Gasteiger partial charge < -0.3 is 10.6 Å². The topological polar surface area (TPSA) is 41.1 Å². The molecule has 0 unspecified atom stereocenters. The van der Waals surface area contributed by atoms with Gasteiger partial charge in [0.1, 0.15) is 0 Å². The van der Waals surface area contributed by atoms with Crippen LogP contribution in [0.3, 0.4) is 0 Å². The first kappa shape index (κ1) is 11.5. The van der Waals surface area contributed by atoms with Gasteiger partial charge >= 0.3 is 0 Å². The van der Waals surface area contributed by atoms with Crippen LogP contribution < -0.4 is 10.6 Å². The summed E-state index contributed by atoms with van der Waals surface area (Å²) in [6.45, 7) is 4.13. The maximum atomic E-state index is 11.2. The van der Waals surface area contributed by atoms with Gasteiger partial charge in [0.25, 0.3) is 0 Å². The lowest BCUT2D eigenvalue weighted by molar-refractivity contribution is -0.113. The molecule has 0 radical (unpaired) electrons. The number of amides is 1. The number of thioether (sulfide) groups is 1. The zero-order chi connectivity index (χ0) is 11.4. The van der Waals surface area contributed by atoms with E-state index < -0.39 is 0 Å². The highest BCUT2D eigenvalue weighted by molar-refractivity contribution is 8.00. The summed E-state index contributed by atoms with van der Waals surface area (Å²) in [7, 11) is 0. The number of benzene rings is 1. The number of carbonyl (C=O) groups excluding carboxylic acids is 1. The maximum absolute atomic E-state index is 11.2. The monoisotopic (exact) mass is 236 g/mol. The van der Waals surface area contributed by atoms with Gasteiger partial charge in [-0.1, -0.05) is 13.0 Å². The van der Waals surface area contributed by atoms with Crippen molar-refractivity contribution in [2.24, 2.45) is 0 Å². The van der Waals surface area contributed by atoms with Gasteiger partial charge in [-0.2, -0.15) is 0 Å². The van der Waals surface area contributed by atoms with Gasteiger partial charge in [0.15, 0.2) is 0 Å². The van der Waals surface area contributed by atoms with E-state index in [1.54, 1.807) is 11.8 Å². The first-order valence-electron chi connectivity index (χ1n) is 5.56. The summed E-state index contributed by atoms with van der Waals surface area (Å²) in [6, 6.07) is 6.26. The van der Waals surface area contributed by atoms with Crippen molar-refractivity contribution in [1.82, 2.24) is 5.32 Å². The molecular weight excluding hydrogens is 220 g/mol. The van der Waals surface area contributed by atoms with Crippen LogP contribution in [0.25, 0.3) is 0 Å². The van der Waals surface area contributed by atoms with Crippen LogP contribution in [0, 0.1) is 0 Å². The van der Waals surface area contributed by atoms with E-state index in [1.165, 1.54) is 10.5 Å². The summed E-state index contributed by atoms with van der Waals surface area (Å²) >= 11 is 1.62. The summed E-state index contributed by atoms with van der Waals surface area (Å²) in [5, 5.41) is 6.19. The largest absolute Gasteiger partial charge is 0.324 e. The van der Waals surface area contributed by atoms with Crippen molar-refractivity contribution in [2.45, 2.75) is 18.2 Å². The first-order chi connectivity index (χ1) is 7.79. The summed E-state index contributed by atoms with van der Waals surface area (Å²) in [5.74, 6) is 0.627. The van der Waals surface area contributed by atoms with Crippen LogP contribution in [0.2, 0.25) is 0 Å². The first-order valence-corrected chi connectivity index (χ1v) is 6.54. The van der Waals surface area contributed by atoms with E-state index >= 15 is 0 Å². The Bertz CT molecular complexity index is 393. The number of anilines is 1. The number of nitrogens with one attached hydrogen (secondary N) is 2. The van der Waals surface area contributed by atoms with Gasteiger partial charge in [-0.25, -0.2) is 0 Å². The molecule has 0 bridgehead atoms. The highest BCUT2D eigenvalue weighted by atomic mass is 32.2. The Morgan fingerprint density at radius 2 is 2.38 bits per heavy atom. The Labute approximate surface area is 100.0 Å². The summed E-state index contributed by atoms with van der Waals surface area (Å²) < 4.78 is 0. The minimum Gasteiger partial charge on any atom is -0.324 e. The van der Waals surface area contributed by atoms with Crippen LogP contribution in [-0.4, -0.2) is 24.7 Å². The van der Waals surface area contributed by atoms with Gasteiger partial charge in [0, 0.05) is 4.90 Å². The molecule has 4 heteroatoms. The van der Waals surface area contributed by atoms with Crippen molar-refractivity contribution in [3.8, 4) is 0 Å². The molecule has 1 amide bonds. The van der Waals surface area contributed by atoms with E-state index in [-0.39, 0.29) is 5.91 Å². The second kappa shape index (κ2) is 5.37. The Kier molecular flexibility index (Phi) is 3.85. The number of likely N-dealkylation sites (N-methyl/N-ethyl adjacent to an activating group) is 1. The lowest BCUT2D eigenvalue weighted by Gasteiger charge is -2.17. The van der Waals surface area contributed by atoms with Gasteiger partial charge in [-0.3, -0.25) is 4.79 Å². The zero-order valence-corrected chi connectivity index (χ0v) is 10.2. The fourth-order valence-electron chi connectivity index (χ4n) is 1.68. The molecule has 2 N–H and O–H groups in total. The molecule has 0 spiro atoms. The number of carbonyl (C=O) groups is 1. The molecule has 1 aromatic rings. The fraction of sp³-hybridized carbons (Fsp3) is 0.417. The Hall–Kier alpha value is -1.00. The standard InChI is InChI=1S/C12H16N2OS/c1-2-13-6-5-9-3-4-10-11(7-9)16-8-12(15)14-10/h3-4,7,13H,2,5-6,8H2,1H3,(H,14,15). The molecule has 3 nitrogen and oxygen atoms in total. The third-order valence-corrected chi connectivity index (χ3v) is 3.57. The smallest absolute Gasteiger partial charge is 0.234 e. The molecule has 0 aliphatic carbocycles. The van der Waals surface area contributed by atoms with Crippen molar-refractivity contribution < 1.29 is 4.79 Å². The van der Waals surface area contributed by atoms with Gasteiger partial charge in [0.2, 0.25) is 5.91 Å². The summed E-state index contributed by atoms with van der Waals surface area (Å²) in [5.41, 5.74) is 2.27. The van der Waals surface area contributed by atoms with Crippen LogP contribution >= 0.6 is 11.8 Å². The van der Waals surface area contributed by atoms with Crippen molar-refractivity contribution in [1.29, 1.82) is 0 Å². The van der Waals surface area contributed by atoms with Crippen LogP contribution in [-0.2, 0) is 11.2 Å². The third-order valence-electron chi connectivity index (χ3n) is 2.52. The van der Waals surface area contributed by atoms with Crippen molar-refractivity contribution in [3.05, 3.63) is 23.8 Å². The molecule has 1 aromatic carbocycles. The fourth-order valence-corrected chi connectivity index (χ4v) is 2.55. The minimum atomic E-state index is 0.0953. The second-order valence-corrected chi connectivity index (χ2v) is 4.79. The summed E-state index contributed by atoms with van der Waals surface area (Å²) in [4.78, 5) is 12.4. The van der Waals surface area contributed by atoms with Gasteiger partial charge in [-0.05, 0) is 37.2 Å². The maximum Gasteiger partial charge on any atom is 0.234 e.